The molecule has 6 heteroatoms. The second-order valence-electron chi connectivity index (χ2n) is 7.38. The molecular weight excluding hydrogens is 471 g/mol. The molecule has 1 atom stereocenters. The molecule has 0 aliphatic carbocycles. The van der Waals surface area contributed by atoms with Crippen molar-refractivity contribution in [1.82, 2.24) is 0 Å². The van der Waals surface area contributed by atoms with Crippen LogP contribution in [0.3, 0.4) is 0 Å². The fourth-order valence-corrected chi connectivity index (χ4v) is 4.14. The first-order chi connectivity index (χ1) is 15.6. The predicted molar refractivity (Wildman–Crippen MR) is 127 cm³/mol. The maximum Gasteiger partial charge on any atom is 0.262 e. The molecule has 1 aliphatic rings. The van der Waals surface area contributed by atoms with Crippen LogP contribution in [-0.2, 0) is 0 Å². The van der Waals surface area contributed by atoms with Crippen molar-refractivity contribution < 1.29 is 13.9 Å². The summed E-state index contributed by atoms with van der Waals surface area (Å²) in [7, 11) is 0. The minimum Gasteiger partial charge on any atom is -0.457 e. The second-order valence-corrected chi connectivity index (χ2v) is 8.30. The Labute approximate surface area is 193 Å². The molecule has 4 aromatic carbocycles. The number of nitrogens with zero attached hydrogens (tertiary/aromatic N) is 1. The average molecular weight is 489 g/mol. The van der Waals surface area contributed by atoms with Gasteiger partial charge >= 0.3 is 0 Å². The zero-order valence-electron chi connectivity index (χ0n) is 16.8. The molecule has 0 radical (unpaired) electrons. The van der Waals surface area contributed by atoms with Gasteiger partial charge < -0.3 is 10.1 Å². The molecule has 4 aromatic rings. The van der Waals surface area contributed by atoms with E-state index in [4.69, 9.17) is 4.74 Å². The van der Waals surface area contributed by atoms with Gasteiger partial charge in [0, 0.05) is 15.8 Å². The Bertz CT molecular complexity index is 1300. The van der Waals surface area contributed by atoms with Crippen LogP contribution in [0.15, 0.2) is 102 Å². The lowest BCUT2D eigenvalue weighted by Crippen LogP contribution is -2.43. The highest BCUT2D eigenvalue weighted by atomic mass is 79.9. The maximum absolute atomic E-state index is 14.1. The molecule has 0 fully saturated rings. The first kappa shape index (κ1) is 20.3. The summed E-state index contributed by atoms with van der Waals surface area (Å²) in [6.07, 6.45) is -0.544. The molecule has 1 heterocycles. The third-order valence-corrected chi connectivity index (χ3v) is 5.71. The molecule has 1 amide bonds. The van der Waals surface area contributed by atoms with E-state index >= 15 is 0 Å². The van der Waals surface area contributed by atoms with E-state index in [1.54, 1.807) is 23.1 Å². The van der Waals surface area contributed by atoms with Gasteiger partial charge in [-0.25, -0.2) is 4.39 Å². The number of hydrogen-bond donors (Lipinski definition) is 1. The quantitative estimate of drug-likeness (QED) is 0.331. The molecule has 0 aromatic heterocycles. The topological polar surface area (TPSA) is 41.6 Å². The van der Waals surface area contributed by atoms with Crippen molar-refractivity contribution in [2.75, 3.05) is 10.2 Å². The first-order valence-electron chi connectivity index (χ1n) is 10.1. The number of rotatable bonds is 4. The molecule has 0 unspecified atom stereocenters. The lowest BCUT2D eigenvalue weighted by molar-refractivity contribution is 0.0974. The SMILES string of the molecule is O=C1c2cc(Br)ccc2N[C@@H](c2cccc(Oc3ccccc3)c2)N1c1cccc(F)c1. The Hall–Kier alpha value is -3.64. The Balaban J connectivity index is 1.58. The number of nitrogens with one attached hydrogen (secondary N) is 1. The van der Waals surface area contributed by atoms with E-state index in [1.807, 2.05) is 66.7 Å². The van der Waals surface area contributed by atoms with Crippen molar-refractivity contribution in [3.63, 3.8) is 0 Å². The number of fused-ring (bicyclic) bond motifs is 1. The number of benzene rings is 4. The standard InChI is InChI=1S/C26H18BrFN2O2/c27-18-12-13-24-23(15-18)26(31)30(20-8-5-7-19(28)16-20)25(29-24)17-6-4-11-22(14-17)32-21-9-2-1-3-10-21/h1-16,25,29H/t25-/m1/s1. The number of carbonyl (C=O) groups is 1. The van der Waals surface area contributed by atoms with E-state index in [9.17, 15) is 9.18 Å². The summed E-state index contributed by atoms with van der Waals surface area (Å²) in [5, 5.41) is 3.44. The van der Waals surface area contributed by atoms with E-state index in [2.05, 4.69) is 21.2 Å². The van der Waals surface area contributed by atoms with Gasteiger partial charge in [0.1, 0.15) is 23.5 Å². The Morgan fingerprint density at radius 3 is 2.44 bits per heavy atom. The Morgan fingerprint density at radius 2 is 1.62 bits per heavy atom. The number of hydrogen-bond acceptors (Lipinski definition) is 3. The van der Waals surface area contributed by atoms with Crippen molar-refractivity contribution in [3.05, 3.63) is 118 Å². The molecule has 0 bridgehead atoms. The van der Waals surface area contributed by atoms with Gasteiger partial charge in [-0.1, -0.05) is 52.3 Å². The van der Waals surface area contributed by atoms with Crippen LogP contribution >= 0.6 is 15.9 Å². The molecule has 1 N–H and O–H groups in total. The smallest absolute Gasteiger partial charge is 0.262 e. The Morgan fingerprint density at radius 1 is 0.844 bits per heavy atom. The zero-order chi connectivity index (χ0) is 22.1. The number of halogens is 2. The lowest BCUT2D eigenvalue weighted by atomic mass is 10.0. The van der Waals surface area contributed by atoms with E-state index < -0.39 is 12.0 Å². The minimum atomic E-state index is -0.544. The van der Waals surface area contributed by atoms with E-state index in [0.717, 1.165) is 15.8 Å². The van der Waals surface area contributed by atoms with Gasteiger partial charge in [0.15, 0.2) is 0 Å². The van der Waals surface area contributed by atoms with Crippen molar-refractivity contribution in [1.29, 1.82) is 0 Å². The predicted octanol–water partition coefficient (Wildman–Crippen LogP) is 7.15. The number of ether oxygens (including phenoxy) is 1. The molecule has 0 spiro atoms. The molecule has 158 valence electrons. The van der Waals surface area contributed by atoms with Gasteiger partial charge in [-0.05, 0) is 66.2 Å². The van der Waals surface area contributed by atoms with Crippen LogP contribution in [0.2, 0.25) is 0 Å². The zero-order valence-corrected chi connectivity index (χ0v) is 18.4. The fourth-order valence-electron chi connectivity index (χ4n) is 3.78. The van der Waals surface area contributed by atoms with Crippen LogP contribution in [0.4, 0.5) is 15.8 Å². The third-order valence-electron chi connectivity index (χ3n) is 5.22. The second kappa shape index (κ2) is 8.48. The summed E-state index contributed by atoms with van der Waals surface area (Å²) >= 11 is 3.43. The molecular formula is C26H18BrFN2O2. The highest BCUT2D eigenvalue weighted by Crippen LogP contribution is 2.38. The van der Waals surface area contributed by atoms with Gasteiger partial charge in [0.25, 0.3) is 5.91 Å². The lowest BCUT2D eigenvalue weighted by Gasteiger charge is -2.38. The summed E-state index contributed by atoms with van der Waals surface area (Å²) in [5.41, 5.74) is 2.50. The van der Waals surface area contributed by atoms with E-state index in [1.165, 1.54) is 12.1 Å². The molecule has 1 aliphatic heterocycles. The summed E-state index contributed by atoms with van der Waals surface area (Å²) in [5.74, 6) is 0.735. The molecule has 4 nitrogen and oxygen atoms in total. The van der Waals surface area contributed by atoms with Gasteiger partial charge in [-0.15, -0.1) is 0 Å². The molecule has 5 rings (SSSR count). The van der Waals surface area contributed by atoms with Crippen molar-refractivity contribution >= 4 is 33.2 Å². The van der Waals surface area contributed by atoms with Gasteiger partial charge in [-0.3, -0.25) is 9.69 Å². The number of anilines is 2. The van der Waals surface area contributed by atoms with Crippen molar-refractivity contribution in [3.8, 4) is 11.5 Å². The van der Waals surface area contributed by atoms with Gasteiger partial charge in [0.05, 0.1) is 5.56 Å². The average Bonchev–Trinajstić information content (AvgIpc) is 2.80. The first-order valence-corrected chi connectivity index (χ1v) is 10.9. The molecule has 0 saturated carbocycles. The van der Waals surface area contributed by atoms with Crippen LogP contribution in [0, 0.1) is 5.82 Å². The summed E-state index contributed by atoms with van der Waals surface area (Å²) in [4.78, 5) is 15.1. The van der Waals surface area contributed by atoms with Crippen LogP contribution in [-0.4, -0.2) is 5.91 Å². The van der Waals surface area contributed by atoms with Crippen LogP contribution in [0.5, 0.6) is 11.5 Å². The largest absolute Gasteiger partial charge is 0.457 e. The van der Waals surface area contributed by atoms with Gasteiger partial charge in [0.2, 0.25) is 0 Å². The maximum atomic E-state index is 14.1. The van der Waals surface area contributed by atoms with Crippen LogP contribution < -0.4 is 15.0 Å². The van der Waals surface area contributed by atoms with Crippen LogP contribution in [0.1, 0.15) is 22.1 Å². The van der Waals surface area contributed by atoms with Crippen molar-refractivity contribution in [2.24, 2.45) is 0 Å². The normalized spacial score (nSPS) is 15.1. The minimum absolute atomic E-state index is 0.218. The number of para-hydroxylation sites is 1. The highest BCUT2D eigenvalue weighted by Gasteiger charge is 2.34. The number of amides is 1. The van der Waals surface area contributed by atoms with E-state index in [-0.39, 0.29) is 5.91 Å². The monoisotopic (exact) mass is 488 g/mol. The van der Waals surface area contributed by atoms with Crippen molar-refractivity contribution in [2.45, 2.75) is 6.17 Å². The highest BCUT2D eigenvalue weighted by molar-refractivity contribution is 9.10. The fraction of sp³-hybridized carbons (Fsp3) is 0.0385. The summed E-state index contributed by atoms with van der Waals surface area (Å²) in [6.45, 7) is 0. The van der Waals surface area contributed by atoms with Gasteiger partial charge in [-0.2, -0.15) is 0 Å². The number of carbonyl (C=O) groups excluding carboxylic acids is 1. The summed E-state index contributed by atoms with van der Waals surface area (Å²) < 4.78 is 20.8. The molecule has 32 heavy (non-hydrogen) atoms. The molecule has 0 saturated heterocycles. The van der Waals surface area contributed by atoms with Crippen LogP contribution in [0.25, 0.3) is 0 Å². The Kier molecular flexibility index (Phi) is 5.37. The third kappa shape index (κ3) is 3.97. The summed E-state index contributed by atoms with van der Waals surface area (Å²) in [6, 6.07) is 28.6. The van der Waals surface area contributed by atoms with E-state index in [0.29, 0.717) is 22.7 Å².